The fraction of sp³-hybridized carbons (Fsp3) is 0.500. The van der Waals surface area contributed by atoms with Crippen molar-refractivity contribution in [3.05, 3.63) is 33.3 Å². The first kappa shape index (κ1) is 16.5. The zero-order chi connectivity index (χ0) is 14.6. The Balaban J connectivity index is 2.68. The molecule has 0 saturated heterocycles. The lowest BCUT2D eigenvalue weighted by molar-refractivity contribution is 0.0368. The van der Waals surface area contributed by atoms with E-state index in [0.29, 0.717) is 27.4 Å². The van der Waals surface area contributed by atoms with E-state index in [4.69, 9.17) is 11.6 Å². The third-order valence-electron chi connectivity index (χ3n) is 2.67. The third-order valence-corrected chi connectivity index (χ3v) is 3.97. The number of halogens is 2. The van der Waals surface area contributed by atoms with Crippen molar-refractivity contribution in [2.75, 3.05) is 6.54 Å². The van der Waals surface area contributed by atoms with Crippen LogP contribution in [0.1, 0.15) is 37.6 Å². The molecular formula is C14H19BrClNO2. The van der Waals surface area contributed by atoms with Crippen LogP contribution >= 0.6 is 27.5 Å². The minimum atomic E-state index is -0.914. The first-order valence-electron chi connectivity index (χ1n) is 6.17. The lowest BCUT2D eigenvalue weighted by Crippen LogP contribution is -2.41. The smallest absolute Gasteiger partial charge is 0.252 e. The van der Waals surface area contributed by atoms with Gasteiger partial charge in [-0.05, 0) is 47.3 Å². The molecule has 0 heterocycles. The van der Waals surface area contributed by atoms with Gasteiger partial charge in [0.2, 0.25) is 0 Å². The molecule has 106 valence electrons. The van der Waals surface area contributed by atoms with Crippen molar-refractivity contribution in [3.63, 3.8) is 0 Å². The second-order valence-corrected chi connectivity index (χ2v) is 6.61. The van der Waals surface area contributed by atoms with E-state index in [1.54, 1.807) is 25.1 Å². The maximum Gasteiger partial charge on any atom is 0.252 e. The Morgan fingerprint density at radius 3 is 2.74 bits per heavy atom. The van der Waals surface area contributed by atoms with Crippen LogP contribution in [0.25, 0.3) is 0 Å². The molecule has 1 aromatic carbocycles. The van der Waals surface area contributed by atoms with Crippen LogP contribution in [-0.4, -0.2) is 23.2 Å². The van der Waals surface area contributed by atoms with Crippen molar-refractivity contribution < 1.29 is 9.90 Å². The minimum absolute atomic E-state index is 0.201. The summed E-state index contributed by atoms with van der Waals surface area (Å²) in [6.07, 6.45) is 0.625. The van der Waals surface area contributed by atoms with Gasteiger partial charge in [0.05, 0.1) is 16.2 Å². The van der Waals surface area contributed by atoms with E-state index in [2.05, 4.69) is 21.2 Å². The zero-order valence-corrected chi connectivity index (χ0v) is 13.7. The Kier molecular flexibility index (Phi) is 5.83. The third kappa shape index (κ3) is 5.13. The van der Waals surface area contributed by atoms with Crippen molar-refractivity contribution in [2.45, 2.75) is 32.8 Å². The monoisotopic (exact) mass is 347 g/mol. The number of rotatable bonds is 5. The summed E-state index contributed by atoms with van der Waals surface area (Å²) in [5.74, 6) is 0.0803. The molecule has 0 radical (unpaired) electrons. The highest BCUT2D eigenvalue weighted by Gasteiger charge is 2.23. The summed E-state index contributed by atoms with van der Waals surface area (Å²) in [7, 11) is 0. The van der Waals surface area contributed by atoms with Crippen LogP contribution in [0.2, 0.25) is 5.02 Å². The predicted molar refractivity (Wildman–Crippen MR) is 81.6 cm³/mol. The molecular weight excluding hydrogens is 330 g/mol. The van der Waals surface area contributed by atoms with Gasteiger partial charge in [0.15, 0.2) is 0 Å². The average molecular weight is 349 g/mol. The van der Waals surface area contributed by atoms with Crippen LogP contribution < -0.4 is 5.32 Å². The van der Waals surface area contributed by atoms with Crippen LogP contribution in [0, 0.1) is 5.92 Å². The molecule has 0 spiro atoms. The Morgan fingerprint density at radius 1 is 1.53 bits per heavy atom. The summed E-state index contributed by atoms with van der Waals surface area (Å²) in [4.78, 5) is 12.0. The Labute approximate surface area is 127 Å². The first-order valence-corrected chi connectivity index (χ1v) is 7.34. The Bertz CT molecular complexity index is 461. The number of hydrogen-bond acceptors (Lipinski definition) is 2. The molecule has 1 rings (SSSR count). The molecule has 1 unspecified atom stereocenters. The molecule has 1 amide bonds. The van der Waals surface area contributed by atoms with E-state index in [9.17, 15) is 9.90 Å². The van der Waals surface area contributed by atoms with Gasteiger partial charge in [-0.2, -0.15) is 0 Å². The van der Waals surface area contributed by atoms with E-state index >= 15 is 0 Å². The van der Waals surface area contributed by atoms with Crippen molar-refractivity contribution >= 4 is 33.4 Å². The lowest BCUT2D eigenvalue weighted by atomic mass is 9.94. The van der Waals surface area contributed by atoms with Gasteiger partial charge in [0.25, 0.3) is 5.91 Å². The van der Waals surface area contributed by atoms with Gasteiger partial charge < -0.3 is 10.4 Å². The standard InChI is InChI=1S/C14H19BrClNO2/c1-9(2)7-14(3,19)8-17-13(18)10-5-4-6-11(15)12(10)16/h4-6,9,19H,7-8H2,1-3H3,(H,17,18). The summed E-state index contributed by atoms with van der Waals surface area (Å²) < 4.78 is 0.677. The highest BCUT2D eigenvalue weighted by molar-refractivity contribution is 9.10. The van der Waals surface area contributed by atoms with Crippen molar-refractivity contribution in [2.24, 2.45) is 5.92 Å². The second-order valence-electron chi connectivity index (χ2n) is 5.38. The van der Waals surface area contributed by atoms with Gasteiger partial charge in [0, 0.05) is 11.0 Å². The summed E-state index contributed by atoms with van der Waals surface area (Å²) in [5.41, 5.74) is -0.515. The number of nitrogens with one attached hydrogen (secondary N) is 1. The largest absolute Gasteiger partial charge is 0.388 e. The Morgan fingerprint density at radius 2 is 2.16 bits per heavy atom. The van der Waals surface area contributed by atoms with Crippen molar-refractivity contribution in [3.8, 4) is 0 Å². The lowest BCUT2D eigenvalue weighted by Gasteiger charge is -2.25. The maximum absolute atomic E-state index is 12.0. The fourth-order valence-electron chi connectivity index (χ4n) is 2.00. The van der Waals surface area contributed by atoms with E-state index < -0.39 is 5.60 Å². The quantitative estimate of drug-likeness (QED) is 0.853. The number of hydrogen-bond donors (Lipinski definition) is 2. The van der Waals surface area contributed by atoms with Gasteiger partial charge in [-0.1, -0.05) is 31.5 Å². The Hall–Kier alpha value is -0.580. The molecule has 5 heteroatoms. The van der Waals surface area contributed by atoms with Gasteiger partial charge in [-0.25, -0.2) is 0 Å². The number of carbonyl (C=O) groups is 1. The molecule has 0 saturated carbocycles. The average Bonchev–Trinajstić information content (AvgIpc) is 2.28. The molecule has 0 bridgehead atoms. The summed E-state index contributed by atoms with van der Waals surface area (Å²) in [6, 6.07) is 5.17. The summed E-state index contributed by atoms with van der Waals surface area (Å²) >= 11 is 9.33. The number of aliphatic hydroxyl groups is 1. The van der Waals surface area contributed by atoms with E-state index in [-0.39, 0.29) is 12.5 Å². The molecule has 0 aromatic heterocycles. The summed E-state index contributed by atoms with van der Waals surface area (Å²) in [5, 5.41) is 13.2. The van der Waals surface area contributed by atoms with Gasteiger partial charge in [-0.15, -0.1) is 0 Å². The van der Waals surface area contributed by atoms with Crippen LogP contribution in [0.3, 0.4) is 0 Å². The van der Waals surface area contributed by atoms with Gasteiger partial charge in [-0.3, -0.25) is 4.79 Å². The normalized spacial score (nSPS) is 14.3. The van der Waals surface area contributed by atoms with Crippen LogP contribution in [-0.2, 0) is 0 Å². The first-order chi connectivity index (χ1) is 8.73. The number of amides is 1. The van der Waals surface area contributed by atoms with Crippen LogP contribution in [0.5, 0.6) is 0 Å². The van der Waals surface area contributed by atoms with Crippen LogP contribution in [0.15, 0.2) is 22.7 Å². The highest BCUT2D eigenvalue weighted by atomic mass is 79.9. The zero-order valence-electron chi connectivity index (χ0n) is 11.3. The molecule has 19 heavy (non-hydrogen) atoms. The van der Waals surface area contributed by atoms with E-state index in [1.807, 2.05) is 13.8 Å². The minimum Gasteiger partial charge on any atom is -0.388 e. The molecule has 3 nitrogen and oxygen atoms in total. The summed E-state index contributed by atoms with van der Waals surface area (Å²) in [6.45, 7) is 5.98. The van der Waals surface area contributed by atoms with Crippen molar-refractivity contribution in [1.82, 2.24) is 5.32 Å². The molecule has 0 fully saturated rings. The fourth-order valence-corrected chi connectivity index (χ4v) is 2.57. The van der Waals surface area contributed by atoms with Gasteiger partial charge in [0.1, 0.15) is 0 Å². The van der Waals surface area contributed by atoms with Crippen molar-refractivity contribution in [1.29, 1.82) is 0 Å². The molecule has 0 aliphatic heterocycles. The molecule has 0 aliphatic rings. The molecule has 2 N–H and O–H groups in total. The van der Waals surface area contributed by atoms with Crippen LogP contribution in [0.4, 0.5) is 0 Å². The highest BCUT2D eigenvalue weighted by Crippen LogP contribution is 2.26. The topological polar surface area (TPSA) is 49.3 Å². The molecule has 1 aromatic rings. The van der Waals surface area contributed by atoms with Gasteiger partial charge >= 0.3 is 0 Å². The predicted octanol–water partition coefficient (Wildman–Crippen LogP) is 3.63. The number of benzene rings is 1. The molecule has 0 aliphatic carbocycles. The second kappa shape index (κ2) is 6.73. The van der Waals surface area contributed by atoms with E-state index in [1.165, 1.54) is 0 Å². The maximum atomic E-state index is 12.0. The van der Waals surface area contributed by atoms with E-state index in [0.717, 1.165) is 0 Å². The number of carbonyl (C=O) groups excluding carboxylic acids is 1. The molecule has 1 atom stereocenters. The SMILES string of the molecule is CC(C)CC(C)(O)CNC(=O)c1cccc(Br)c1Cl.